The fraction of sp³-hybridized carbons (Fsp3) is 0.400. The number of aliphatic hydroxyl groups is 1. The van der Waals surface area contributed by atoms with Gasteiger partial charge in [-0.15, -0.1) is 13.2 Å². The summed E-state index contributed by atoms with van der Waals surface area (Å²) in [5.41, 5.74) is 1.04. The molecule has 0 aliphatic carbocycles. The highest BCUT2D eigenvalue weighted by atomic mass is 16.4. The fourth-order valence-electron chi connectivity index (χ4n) is 2.59. The molecule has 2 N–H and O–H groups in total. The molecule has 4 nitrogen and oxygen atoms in total. The Morgan fingerprint density at radius 3 is 2.37 bits per heavy atom. The number of nitrogens with zero attached hydrogens (tertiary/aromatic N) is 1. The van der Waals surface area contributed by atoms with Crippen molar-refractivity contribution in [3.8, 4) is 0 Å². The molecule has 104 valence electrons. The Labute approximate surface area is 113 Å². The van der Waals surface area contributed by atoms with Crippen LogP contribution in [0.2, 0.25) is 0 Å². The number of carboxylic acids is 1. The summed E-state index contributed by atoms with van der Waals surface area (Å²) in [7, 11) is 1.79. The monoisotopic (exact) mass is 263 g/mol. The minimum absolute atomic E-state index is 0.115. The molecular formula is C15H21NO3. The Morgan fingerprint density at radius 2 is 1.95 bits per heavy atom. The zero-order valence-corrected chi connectivity index (χ0v) is 11.5. The Bertz CT molecular complexity index is 490. The number of hydrogen-bond acceptors (Lipinski definition) is 2. The molecule has 1 aromatic rings. The Kier molecular flexibility index (Phi) is 4.72. The zero-order chi connectivity index (χ0) is 14.6. The third-order valence-electron chi connectivity index (χ3n) is 3.24. The topological polar surface area (TPSA) is 62.5 Å². The quantitative estimate of drug-likeness (QED) is 0.742. The first kappa shape index (κ1) is 15.2. The molecule has 19 heavy (non-hydrogen) atoms. The minimum Gasteiger partial charge on any atom is -0.481 e. The van der Waals surface area contributed by atoms with E-state index >= 15 is 0 Å². The van der Waals surface area contributed by atoms with Crippen LogP contribution in [0.5, 0.6) is 0 Å². The highest BCUT2D eigenvalue weighted by Gasteiger charge is 2.33. The van der Waals surface area contributed by atoms with E-state index in [1.165, 1.54) is 0 Å². The van der Waals surface area contributed by atoms with Crippen LogP contribution in [0.25, 0.3) is 0 Å². The van der Waals surface area contributed by atoms with Crippen molar-refractivity contribution in [2.75, 3.05) is 0 Å². The molecule has 0 spiro atoms. The average molecular weight is 263 g/mol. The van der Waals surface area contributed by atoms with Crippen molar-refractivity contribution in [2.45, 2.75) is 31.8 Å². The number of aromatic nitrogens is 1. The lowest BCUT2D eigenvalue weighted by atomic mass is 9.84. The molecule has 0 amide bonds. The minimum atomic E-state index is -1.14. The maximum absolute atomic E-state index is 11.0. The molecule has 0 saturated heterocycles. The van der Waals surface area contributed by atoms with Gasteiger partial charge in [-0.25, -0.2) is 0 Å². The standard InChI is InChI=1S/C15H21NO3/c1-5-7-15(19,8-6-2)14-11(3)10-16(4)12(14)9-13(17)18/h5-6,10,19H,1-2,7-9H2,3-4H3,(H,17,18). The number of carbonyl (C=O) groups is 1. The summed E-state index contributed by atoms with van der Waals surface area (Å²) in [5.74, 6) is -0.915. The first-order valence-corrected chi connectivity index (χ1v) is 6.17. The van der Waals surface area contributed by atoms with Gasteiger partial charge in [0.2, 0.25) is 0 Å². The van der Waals surface area contributed by atoms with Crippen LogP contribution >= 0.6 is 0 Å². The maximum Gasteiger partial charge on any atom is 0.309 e. The van der Waals surface area contributed by atoms with Crippen LogP contribution in [0, 0.1) is 6.92 Å². The largest absolute Gasteiger partial charge is 0.481 e. The molecular weight excluding hydrogens is 242 g/mol. The molecule has 0 fully saturated rings. The van der Waals surface area contributed by atoms with Crippen molar-refractivity contribution >= 4 is 5.97 Å². The molecule has 0 bridgehead atoms. The maximum atomic E-state index is 11.0. The van der Waals surface area contributed by atoms with Crippen LogP contribution in [0.4, 0.5) is 0 Å². The van der Waals surface area contributed by atoms with Gasteiger partial charge in [0.1, 0.15) is 0 Å². The predicted molar refractivity (Wildman–Crippen MR) is 75.0 cm³/mol. The lowest BCUT2D eigenvalue weighted by Gasteiger charge is -2.28. The van der Waals surface area contributed by atoms with E-state index in [0.717, 1.165) is 5.56 Å². The number of carboxylic acid groups (broad SMARTS) is 1. The van der Waals surface area contributed by atoms with Gasteiger partial charge < -0.3 is 14.8 Å². The summed E-state index contributed by atoms with van der Waals surface area (Å²) in [6, 6.07) is 0. The van der Waals surface area contributed by atoms with Crippen LogP contribution in [0.15, 0.2) is 31.5 Å². The molecule has 0 radical (unpaired) electrons. The lowest BCUT2D eigenvalue weighted by molar-refractivity contribution is -0.136. The third kappa shape index (κ3) is 3.15. The van der Waals surface area contributed by atoms with Gasteiger partial charge in [0.05, 0.1) is 12.0 Å². The number of rotatable bonds is 7. The second-order valence-electron chi connectivity index (χ2n) is 4.83. The zero-order valence-electron chi connectivity index (χ0n) is 11.5. The van der Waals surface area contributed by atoms with Crippen LogP contribution in [-0.4, -0.2) is 20.7 Å². The molecule has 1 aromatic heterocycles. The van der Waals surface area contributed by atoms with Gasteiger partial charge in [-0.05, 0) is 25.3 Å². The van der Waals surface area contributed by atoms with Gasteiger partial charge in [0.15, 0.2) is 0 Å². The van der Waals surface area contributed by atoms with Crippen molar-refractivity contribution in [3.63, 3.8) is 0 Å². The molecule has 0 atom stereocenters. The molecule has 0 aliphatic rings. The molecule has 1 rings (SSSR count). The van der Waals surface area contributed by atoms with Crippen molar-refractivity contribution in [1.29, 1.82) is 0 Å². The van der Waals surface area contributed by atoms with E-state index in [-0.39, 0.29) is 6.42 Å². The van der Waals surface area contributed by atoms with Crippen LogP contribution in [-0.2, 0) is 23.9 Å². The highest BCUT2D eigenvalue weighted by Crippen LogP contribution is 2.35. The van der Waals surface area contributed by atoms with Crippen molar-refractivity contribution in [2.24, 2.45) is 7.05 Å². The van der Waals surface area contributed by atoms with Crippen LogP contribution in [0.1, 0.15) is 29.7 Å². The molecule has 0 unspecified atom stereocenters. The fourth-order valence-corrected chi connectivity index (χ4v) is 2.59. The van der Waals surface area contributed by atoms with Crippen LogP contribution < -0.4 is 0 Å². The van der Waals surface area contributed by atoms with Crippen molar-refractivity contribution < 1.29 is 15.0 Å². The van der Waals surface area contributed by atoms with E-state index in [1.54, 1.807) is 23.8 Å². The normalized spacial score (nSPS) is 11.3. The lowest BCUT2D eigenvalue weighted by Crippen LogP contribution is -2.27. The summed E-state index contributed by atoms with van der Waals surface area (Å²) in [5, 5.41) is 19.8. The van der Waals surface area contributed by atoms with E-state index in [9.17, 15) is 9.90 Å². The third-order valence-corrected chi connectivity index (χ3v) is 3.24. The van der Waals surface area contributed by atoms with Crippen molar-refractivity contribution in [1.82, 2.24) is 4.57 Å². The molecule has 0 aliphatic heterocycles. The number of aryl methyl sites for hydroxylation is 2. The number of aliphatic carboxylic acids is 1. The van der Waals surface area contributed by atoms with E-state index in [4.69, 9.17) is 5.11 Å². The van der Waals surface area contributed by atoms with Gasteiger partial charge in [-0.2, -0.15) is 0 Å². The Hall–Kier alpha value is -1.81. The van der Waals surface area contributed by atoms with E-state index in [0.29, 0.717) is 24.1 Å². The second-order valence-corrected chi connectivity index (χ2v) is 4.83. The predicted octanol–water partition coefficient (Wildman–Crippen LogP) is 2.30. The smallest absolute Gasteiger partial charge is 0.309 e. The number of hydrogen-bond donors (Lipinski definition) is 2. The first-order valence-electron chi connectivity index (χ1n) is 6.17. The first-order chi connectivity index (χ1) is 8.85. The molecule has 0 aromatic carbocycles. The Morgan fingerprint density at radius 1 is 1.42 bits per heavy atom. The van der Waals surface area contributed by atoms with Gasteiger partial charge in [0.25, 0.3) is 0 Å². The van der Waals surface area contributed by atoms with E-state index in [1.807, 2.05) is 13.1 Å². The average Bonchev–Trinajstić information content (AvgIpc) is 2.54. The van der Waals surface area contributed by atoms with Gasteiger partial charge in [-0.3, -0.25) is 4.79 Å². The second kappa shape index (κ2) is 5.89. The summed E-state index contributed by atoms with van der Waals surface area (Å²) < 4.78 is 1.76. The van der Waals surface area contributed by atoms with E-state index < -0.39 is 11.6 Å². The van der Waals surface area contributed by atoms with E-state index in [2.05, 4.69) is 13.2 Å². The van der Waals surface area contributed by atoms with Gasteiger partial charge in [0, 0.05) is 24.5 Å². The summed E-state index contributed by atoms with van der Waals surface area (Å²) in [6.45, 7) is 9.20. The molecule has 4 heteroatoms. The summed E-state index contributed by atoms with van der Waals surface area (Å²) >= 11 is 0. The summed E-state index contributed by atoms with van der Waals surface area (Å²) in [6.07, 6.45) is 5.72. The van der Waals surface area contributed by atoms with Crippen LogP contribution in [0.3, 0.4) is 0 Å². The molecule has 1 heterocycles. The van der Waals surface area contributed by atoms with Gasteiger partial charge in [-0.1, -0.05) is 12.2 Å². The van der Waals surface area contributed by atoms with Crippen molar-refractivity contribution in [3.05, 3.63) is 48.3 Å². The molecule has 0 saturated carbocycles. The Balaban J connectivity index is 3.40. The summed E-state index contributed by atoms with van der Waals surface area (Å²) in [4.78, 5) is 11.0. The SMILES string of the molecule is C=CCC(O)(CC=C)c1c(C)cn(C)c1CC(=O)O. The highest BCUT2D eigenvalue weighted by molar-refractivity contribution is 5.70. The van der Waals surface area contributed by atoms with Gasteiger partial charge >= 0.3 is 5.97 Å².